The quantitative estimate of drug-likeness (QED) is 0.248. The molecule has 1 aromatic carbocycles. The van der Waals surface area contributed by atoms with Gasteiger partial charge < -0.3 is 19.5 Å². The minimum absolute atomic E-state index is 0. The molecule has 1 aliphatic rings. The number of likely N-dealkylation sites (tertiary alicyclic amines) is 1. The van der Waals surface area contributed by atoms with Crippen molar-refractivity contribution in [1.82, 2.24) is 14.8 Å². The first-order valence-corrected chi connectivity index (χ1v) is 10.5. The van der Waals surface area contributed by atoms with E-state index in [4.69, 9.17) is 9.73 Å². The van der Waals surface area contributed by atoms with Crippen molar-refractivity contribution >= 4 is 29.9 Å². The average Bonchev–Trinajstić information content (AvgIpc) is 3.24. The molecule has 30 heavy (non-hydrogen) atoms. The van der Waals surface area contributed by atoms with Crippen LogP contribution in [0.4, 0.5) is 0 Å². The summed E-state index contributed by atoms with van der Waals surface area (Å²) >= 11 is 0. The molecule has 2 heterocycles. The fourth-order valence-electron chi connectivity index (χ4n) is 3.75. The van der Waals surface area contributed by atoms with E-state index in [1.165, 1.54) is 5.56 Å². The molecular weight excluding hydrogens is 491 g/mol. The highest BCUT2D eigenvalue weighted by Crippen LogP contribution is 2.28. The molecule has 1 N–H and O–H groups in total. The minimum Gasteiger partial charge on any atom is -0.497 e. The molecule has 0 radical (unpaired) electrons. The Balaban J connectivity index is 0.00000320. The van der Waals surface area contributed by atoms with Gasteiger partial charge in [0.25, 0.3) is 0 Å². The van der Waals surface area contributed by atoms with Crippen LogP contribution in [-0.2, 0) is 6.54 Å². The second-order valence-electron chi connectivity index (χ2n) is 7.38. The van der Waals surface area contributed by atoms with Crippen LogP contribution in [0.5, 0.6) is 5.75 Å². The monoisotopic (exact) mass is 524 g/mol. The standard InChI is InChI=1S/C23H32N4O2.HI/c1-3-24-23(25-14-5-7-16-26-15-6-4-8-22(26)28)27-17-13-20(18-27)19-9-11-21(29-2)12-10-19;/h4,6,8-12,15,20H,3,5,7,13-14,16-18H2,1-2H3,(H,24,25);1H. The molecule has 0 saturated carbocycles. The van der Waals surface area contributed by atoms with Gasteiger partial charge in [-0.15, -0.1) is 24.0 Å². The van der Waals surface area contributed by atoms with E-state index in [1.807, 2.05) is 24.4 Å². The van der Waals surface area contributed by atoms with E-state index in [2.05, 4.69) is 29.3 Å². The van der Waals surface area contributed by atoms with Crippen LogP contribution in [0.1, 0.15) is 37.7 Å². The predicted molar refractivity (Wildman–Crippen MR) is 133 cm³/mol. The molecular formula is C23H33IN4O2. The van der Waals surface area contributed by atoms with Crippen molar-refractivity contribution in [2.24, 2.45) is 4.99 Å². The van der Waals surface area contributed by atoms with Gasteiger partial charge in [-0.2, -0.15) is 0 Å². The number of unbranched alkanes of at least 4 members (excludes halogenated alkanes) is 1. The van der Waals surface area contributed by atoms with E-state index in [1.54, 1.807) is 23.8 Å². The number of hydrogen-bond donors (Lipinski definition) is 1. The third kappa shape index (κ3) is 6.75. The van der Waals surface area contributed by atoms with Gasteiger partial charge in [0.05, 0.1) is 7.11 Å². The minimum atomic E-state index is 0. The number of rotatable bonds is 8. The summed E-state index contributed by atoms with van der Waals surface area (Å²) in [6.07, 6.45) is 4.89. The summed E-state index contributed by atoms with van der Waals surface area (Å²) in [5.41, 5.74) is 1.42. The van der Waals surface area contributed by atoms with Gasteiger partial charge in [0, 0.05) is 50.9 Å². The Labute approximate surface area is 196 Å². The number of aryl methyl sites for hydroxylation is 1. The number of hydrogen-bond acceptors (Lipinski definition) is 3. The molecule has 1 unspecified atom stereocenters. The van der Waals surface area contributed by atoms with Crippen molar-refractivity contribution in [3.63, 3.8) is 0 Å². The maximum atomic E-state index is 11.7. The van der Waals surface area contributed by atoms with Crippen LogP contribution >= 0.6 is 24.0 Å². The molecule has 3 rings (SSSR count). The van der Waals surface area contributed by atoms with Crippen molar-refractivity contribution < 1.29 is 4.74 Å². The highest BCUT2D eigenvalue weighted by Gasteiger charge is 2.26. The van der Waals surface area contributed by atoms with Crippen LogP contribution in [0.2, 0.25) is 0 Å². The van der Waals surface area contributed by atoms with Gasteiger partial charge in [-0.1, -0.05) is 18.2 Å². The number of pyridine rings is 1. The Morgan fingerprint density at radius 2 is 2.00 bits per heavy atom. The average molecular weight is 524 g/mol. The first kappa shape index (κ1) is 24.2. The number of aromatic nitrogens is 1. The number of benzene rings is 1. The van der Waals surface area contributed by atoms with Gasteiger partial charge in [-0.25, -0.2) is 0 Å². The Kier molecular flexibility index (Phi) is 10.2. The Morgan fingerprint density at radius 1 is 1.20 bits per heavy atom. The summed E-state index contributed by atoms with van der Waals surface area (Å²) in [5.74, 6) is 2.42. The van der Waals surface area contributed by atoms with Gasteiger partial charge in [0.2, 0.25) is 5.56 Å². The molecule has 0 amide bonds. The molecule has 0 aliphatic carbocycles. The third-order valence-corrected chi connectivity index (χ3v) is 5.38. The van der Waals surface area contributed by atoms with E-state index in [-0.39, 0.29) is 29.5 Å². The number of guanidine groups is 1. The summed E-state index contributed by atoms with van der Waals surface area (Å²) in [5, 5.41) is 3.43. The molecule has 6 nitrogen and oxygen atoms in total. The predicted octanol–water partition coefficient (Wildman–Crippen LogP) is 3.71. The summed E-state index contributed by atoms with van der Waals surface area (Å²) in [7, 11) is 1.70. The number of nitrogens with one attached hydrogen (secondary N) is 1. The van der Waals surface area contributed by atoms with E-state index in [0.717, 1.165) is 63.7 Å². The molecule has 1 atom stereocenters. The van der Waals surface area contributed by atoms with Gasteiger partial charge in [0.15, 0.2) is 5.96 Å². The number of aliphatic imine (C=N–C) groups is 1. The van der Waals surface area contributed by atoms with Crippen LogP contribution in [-0.4, -0.2) is 48.7 Å². The van der Waals surface area contributed by atoms with E-state index in [0.29, 0.717) is 5.92 Å². The lowest BCUT2D eigenvalue weighted by Crippen LogP contribution is -2.40. The van der Waals surface area contributed by atoms with Crippen molar-refractivity contribution in [2.75, 3.05) is 33.3 Å². The molecule has 1 saturated heterocycles. The van der Waals surface area contributed by atoms with Gasteiger partial charge in [-0.05, 0) is 49.9 Å². The molecule has 7 heteroatoms. The number of methoxy groups -OCH3 is 1. The SMILES string of the molecule is CCNC(=NCCCCn1ccccc1=O)N1CCC(c2ccc(OC)cc2)C1.I. The van der Waals surface area contributed by atoms with Crippen molar-refractivity contribution in [2.45, 2.75) is 38.6 Å². The van der Waals surface area contributed by atoms with Crippen molar-refractivity contribution in [1.29, 1.82) is 0 Å². The normalized spacial score (nSPS) is 16.3. The summed E-state index contributed by atoms with van der Waals surface area (Å²) < 4.78 is 7.02. The highest BCUT2D eigenvalue weighted by atomic mass is 127. The highest BCUT2D eigenvalue weighted by molar-refractivity contribution is 14.0. The fourth-order valence-corrected chi connectivity index (χ4v) is 3.75. The summed E-state index contributed by atoms with van der Waals surface area (Å²) in [6.45, 7) is 6.48. The summed E-state index contributed by atoms with van der Waals surface area (Å²) in [6, 6.07) is 13.7. The van der Waals surface area contributed by atoms with E-state index in [9.17, 15) is 4.79 Å². The third-order valence-electron chi connectivity index (χ3n) is 5.38. The molecule has 1 aliphatic heterocycles. The van der Waals surface area contributed by atoms with Crippen LogP contribution < -0.4 is 15.6 Å². The largest absolute Gasteiger partial charge is 0.497 e. The topological polar surface area (TPSA) is 58.9 Å². The zero-order chi connectivity index (χ0) is 20.5. The first-order chi connectivity index (χ1) is 14.2. The van der Waals surface area contributed by atoms with Crippen molar-refractivity contribution in [3.8, 4) is 5.75 Å². The lowest BCUT2D eigenvalue weighted by Gasteiger charge is -2.22. The lowest BCUT2D eigenvalue weighted by atomic mass is 9.98. The fraction of sp³-hybridized carbons (Fsp3) is 0.478. The Bertz CT molecular complexity index is 851. The Hall–Kier alpha value is -2.03. The second-order valence-corrected chi connectivity index (χ2v) is 7.38. The Morgan fingerprint density at radius 3 is 2.70 bits per heavy atom. The number of nitrogens with zero attached hydrogens (tertiary/aromatic N) is 3. The van der Waals surface area contributed by atoms with Gasteiger partial charge in [0.1, 0.15) is 5.75 Å². The van der Waals surface area contributed by atoms with E-state index < -0.39 is 0 Å². The molecule has 1 fully saturated rings. The smallest absolute Gasteiger partial charge is 0.250 e. The number of halogens is 1. The zero-order valence-corrected chi connectivity index (χ0v) is 20.2. The van der Waals surface area contributed by atoms with Crippen LogP contribution in [0, 0.1) is 0 Å². The second kappa shape index (κ2) is 12.6. The maximum absolute atomic E-state index is 11.7. The van der Waals surface area contributed by atoms with Gasteiger partial charge >= 0.3 is 0 Å². The summed E-state index contributed by atoms with van der Waals surface area (Å²) in [4.78, 5) is 18.9. The van der Waals surface area contributed by atoms with Crippen LogP contribution in [0.25, 0.3) is 0 Å². The maximum Gasteiger partial charge on any atom is 0.250 e. The number of ether oxygens (including phenoxy) is 1. The zero-order valence-electron chi connectivity index (χ0n) is 17.9. The van der Waals surface area contributed by atoms with Gasteiger partial charge in [-0.3, -0.25) is 9.79 Å². The molecule has 2 aromatic rings. The van der Waals surface area contributed by atoms with Crippen LogP contribution in [0.3, 0.4) is 0 Å². The molecule has 0 bridgehead atoms. The lowest BCUT2D eigenvalue weighted by molar-refractivity contribution is 0.414. The van der Waals surface area contributed by atoms with E-state index >= 15 is 0 Å². The molecule has 164 valence electrons. The molecule has 0 spiro atoms. The molecule has 1 aromatic heterocycles. The first-order valence-electron chi connectivity index (χ1n) is 10.5. The van der Waals surface area contributed by atoms with Crippen LogP contribution in [0.15, 0.2) is 58.4 Å². The van der Waals surface area contributed by atoms with Crippen molar-refractivity contribution in [3.05, 3.63) is 64.6 Å².